The van der Waals surface area contributed by atoms with Gasteiger partial charge in [-0.05, 0) is 25.3 Å². The second-order valence-corrected chi connectivity index (χ2v) is 4.81. The van der Waals surface area contributed by atoms with Gasteiger partial charge in [-0.1, -0.05) is 5.10 Å². The maximum absolute atomic E-state index is 5.29. The monoisotopic (exact) mass is 254 g/mol. The smallest absolute Gasteiger partial charge is 0.315 e. The number of rotatable bonds is 7. The van der Waals surface area contributed by atoms with Crippen molar-refractivity contribution in [1.82, 2.24) is 15.1 Å². The summed E-state index contributed by atoms with van der Waals surface area (Å²) in [6, 6.07) is 0.533. The minimum absolute atomic E-state index is 0.533. The molecule has 102 valence electrons. The van der Waals surface area contributed by atoms with Crippen LogP contribution in [0.15, 0.2) is 4.42 Å². The Morgan fingerprint density at radius 1 is 1.50 bits per heavy atom. The summed E-state index contributed by atoms with van der Waals surface area (Å²) in [5.41, 5.74) is 0. The predicted molar refractivity (Wildman–Crippen MR) is 68.6 cm³/mol. The van der Waals surface area contributed by atoms with Crippen molar-refractivity contribution in [2.45, 2.75) is 19.8 Å². The molecule has 6 heteroatoms. The Morgan fingerprint density at radius 3 is 3.11 bits per heavy atom. The lowest BCUT2D eigenvalue weighted by molar-refractivity contribution is 0.178. The minimum atomic E-state index is 0.533. The maximum atomic E-state index is 5.29. The van der Waals surface area contributed by atoms with Crippen LogP contribution in [0.1, 0.15) is 18.7 Å². The second-order valence-electron chi connectivity index (χ2n) is 4.81. The summed E-state index contributed by atoms with van der Waals surface area (Å²) in [5.74, 6) is 1.27. The van der Waals surface area contributed by atoms with Crippen molar-refractivity contribution in [3.63, 3.8) is 0 Å². The van der Waals surface area contributed by atoms with Crippen LogP contribution in [0, 0.1) is 12.8 Å². The van der Waals surface area contributed by atoms with Crippen LogP contribution in [0.25, 0.3) is 0 Å². The largest absolute Gasteiger partial charge is 0.408 e. The fourth-order valence-corrected chi connectivity index (χ4v) is 2.31. The number of hydrogen-bond acceptors (Lipinski definition) is 6. The van der Waals surface area contributed by atoms with E-state index in [1.165, 1.54) is 13.0 Å². The lowest BCUT2D eigenvalue weighted by Gasteiger charge is -2.15. The van der Waals surface area contributed by atoms with Crippen LogP contribution < -0.4 is 5.32 Å². The summed E-state index contributed by atoms with van der Waals surface area (Å²) >= 11 is 0. The van der Waals surface area contributed by atoms with Crippen LogP contribution in [0.2, 0.25) is 0 Å². The highest BCUT2D eigenvalue weighted by Crippen LogP contribution is 2.17. The number of hydrogen-bond donors (Lipinski definition) is 1. The van der Waals surface area contributed by atoms with Gasteiger partial charge in [0, 0.05) is 40.3 Å². The van der Waals surface area contributed by atoms with Gasteiger partial charge in [0.15, 0.2) is 0 Å². The zero-order chi connectivity index (χ0) is 12.8. The molecule has 0 spiro atoms. The number of likely N-dealkylation sites (tertiary alicyclic amines) is 1. The molecule has 1 aliphatic heterocycles. The summed E-state index contributed by atoms with van der Waals surface area (Å²) in [7, 11) is 1.75. The summed E-state index contributed by atoms with van der Waals surface area (Å²) in [6.45, 7) is 7.00. The number of ether oxygens (including phenoxy) is 1. The topological polar surface area (TPSA) is 63.4 Å². The van der Waals surface area contributed by atoms with Gasteiger partial charge in [0.2, 0.25) is 5.89 Å². The van der Waals surface area contributed by atoms with Crippen LogP contribution in [0.3, 0.4) is 0 Å². The maximum Gasteiger partial charge on any atom is 0.315 e. The first-order chi connectivity index (χ1) is 8.78. The van der Waals surface area contributed by atoms with E-state index in [0.717, 1.165) is 32.7 Å². The first kappa shape index (κ1) is 13.3. The lowest BCUT2D eigenvalue weighted by Crippen LogP contribution is -2.24. The van der Waals surface area contributed by atoms with Gasteiger partial charge in [0.1, 0.15) is 0 Å². The van der Waals surface area contributed by atoms with E-state index >= 15 is 0 Å². The highest BCUT2D eigenvalue weighted by Gasteiger charge is 2.22. The normalized spacial score (nSPS) is 20.4. The summed E-state index contributed by atoms with van der Waals surface area (Å²) < 4.78 is 10.4. The highest BCUT2D eigenvalue weighted by atomic mass is 16.5. The first-order valence-corrected chi connectivity index (χ1v) is 6.53. The van der Waals surface area contributed by atoms with Crippen molar-refractivity contribution in [3.05, 3.63) is 5.89 Å². The molecule has 1 atom stereocenters. The van der Waals surface area contributed by atoms with Crippen molar-refractivity contribution < 1.29 is 9.15 Å². The average Bonchev–Trinajstić information content (AvgIpc) is 2.96. The van der Waals surface area contributed by atoms with E-state index in [0.29, 0.717) is 17.8 Å². The van der Waals surface area contributed by atoms with Crippen LogP contribution in [-0.4, -0.2) is 55.0 Å². The SMILES string of the molecule is COCCCN1CC[C@H](CNc2nnc(C)o2)C1. The Morgan fingerprint density at radius 2 is 2.39 bits per heavy atom. The molecule has 1 aromatic heterocycles. The molecular formula is C12H22N4O2. The van der Waals surface area contributed by atoms with E-state index in [2.05, 4.69) is 20.4 Å². The quantitative estimate of drug-likeness (QED) is 0.736. The minimum Gasteiger partial charge on any atom is -0.408 e. The van der Waals surface area contributed by atoms with Gasteiger partial charge in [0.25, 0.3) is 0 Å². The van der Waals surface area contributed by atoms with Crippen LogP contribution in [0.5, 0.6) is 0 Å². The first-order valence-electron chi connectivity index (χ1n) is 6.53. The van der Waals surface area contributed by atoms with Gasteiger partial charge in [-0.2, -0.15) is 0 Å². The lowest BCUT2D eigenvalue weighted by atomic mass is 10.1. The van der Waals surface area contributed by atoms with E-state index < -0.39 is 0 Å². The second kappa shape index (κ2) is 6.70. The number of aryl methyl sites for hydroxylation is 1. The molecule has 0 aliphatic carbocycles. The van der Waals surface area contributed by atoms with Crippen LogP contribution in [0.4, 0.5) is 6.01 Å². The van der Waals surface area contributed by atoms with Crippen molar-refractivity contribution in [3.8, 4) is 0 Å². The molecular weight excluding hydrogens is 232 g/mol. The third-order valence-corrected chi connectivity index (χ3v) is 3.26. The predicted octanol–water partition coefficient (Wildman–Crippen LogP) is 1.15. The third-order valence-electron chi connectivity index (χ3n) is 3.26. The van der Waals surface area contributed by atoms with Crippen molar-refractivity contribution in [2.24, 2.45) is 5.92 Å². The van der Waals surface area contributed by atoms with E-state index in [4.69, 9.17) is 9.15 Å². The molecule has 0 aromatic carbocycles. The van der Waals surface area contributed by atoms with Gasteiger partial charge in [-0.3, -0.25) is 0 Å². The van der Waals surface area contributed by atoms with Gasteiger partial charge in [-0.15, -0.1) is 5.10 Å². The molecule has 2 rings (SSSR count). The number of nitrogens with zero attached hydrogens (tertiary/aromatic N) is 3. The molecule has 0 radical (unpaired) electrons. The molecule has 0 saturated carbocycles. The van der Waals surface area contributed by atoms with E-state index in [1.807, 2.05) is 0 Å². The Balaban J connectivity index is 1.63. The molecule has 0 amide bonds. The third kappa shape index (κ3) is 3.96. The Bertz CT molecular complexity index is 356. The molecule has 1 saturated heterocycles. The van der Waals surface area contributed by atoms with Crippen LogP contribution >= 0.6 is 0 Å². The summed E-state index contributed by atoms with van der Waals surface area (Å²) in [6.07, 6.45) is 2.34. The van der Waals surface area contributed by atoms with Crippen LogP contribution in [-0.2, 0) is 4.74 Å². The zero-order valence-electron chi connectivity index (χ0n) is 11.2. The van der Waals surface area contributed by atoms with Crippen molar-refractivity contribution >= 4 is 6.01 Å². The number of anilines is 1. The molecule has 1 aromatic rings. The fourth-order valence-electron chi connectivity index (χ4n) is 2.31. The fraction of sp³-hybridized carbons (Fsp3) is 0.833. The Hall–Kier alpha value is -1.14. The van der Waals surface area contributed by atoms with Crippen molar-refractivity contribution in [2.75, 3.05) is 45.2 Å². The molecule has 18 heavy (non-hydrogen) atoms. The highest BCUT2D eigenvalue weighted by molar-refractivity contribution is 5.16. The molecule has 1 aliphatic rings. The summed E-state index contributed by atoms with van der Waals surface area (Å²) in [5, 5.41) is 10.9. The number of methoxy groups -OCH3 is 1. The van der Waals surface area contributed by atoms with E-state index in [-0.39, 0.29) is 0 Å². The molecule has 0 bridgehead atoms. The Kier molecular flexibility index (Phi) is 4.95. The van der Waals surface area contributed by atoms with Crippen molar-refractivity contribution in [1.29, 1.82) is 0 Å². The zero-order valence-corrected chi connectivity index (χ0v) is 11.2. The van der Waals surface area contributed by atoms with E-state index in [1.54, 1.807) is 14.0 Å². The van der Waals surface area contributed by atoms with Gasteiger partial charge < -0.3 is 19.4 Å². The molecule has 0 unspecified atom stereocenters. The number of nitrogens with one attached hydrogen (secondary N) is 1. The average molecular weight is 254 g/mol. The number of aromatic nitrogens is 2. The standard InChI is InChI=1S/C12H22N4O2/c1-10-14-15-12(18-10)13-8-11-4-6-16(9-11)5-3-7-17-2/h11H,3-9H2,1-2H3,(H,13,15)/t11-/m1/s1. The van der Waals surface area contributed by atoms with Gasteiger partial charge in [-0.25, -0.2) is 0 Å². The molecule has 6 nitrogen and oxygen atoms in total. The molecule has 2 heterocycles. The van der Waals surface area contributed by atoms with Gasteiger partial charge in [0.05, 0.1) is 0 Å². The Labute approximate surface area is 108 Å². The molecule has 1 fully saturated rings. The van der Waals surface area contributed by atoms with E-state index in [9.17, 15) is 0 Å². The summed E-state index contributed by atoms with van der Waals surface area (Å²) in [4.78, 5) is 2.49. The molecule has 1 N–H and O–H groups in total. The van der Waals surface area contributed by atoms with Gasteiger partial charge >= 0.3 is 6.01 Å².